The molecule has 28 heavy (non-hydrogen) atoms. The summed E-state index contributed by atoms with van der Waals surface area (Å²) in [5.74, 6) is 0.595. The largest absolute Gasteiger partial charge is 0.396 e. The number of aliphatic hydroxyl groups is 1. The molecule has 6 nitrogen and oxygen atoms in total. The van der Waals surface area contributed by atoms with E-state index < -0.39 is 0 Å². The number of nitrogens with zero attached hydrogens (tertiary/aromatic N) is 2. The van der Waals surface area contributed by atoms with Crippen LogP contribution in [-0.4, -0.2) is 46.2 Å². The Kier molecular flexibility index (Phi) is 5.43. The van der Waals surface area contributed by atoms with E-state index in [0.717, 1.165) is 18.7 Å². The number of aromatic nitrogens is 1. The van der Waals surface area contributed by atoms with E-state index in [-0.39, 0.29) is 42.0 Å². The zero-order valence-electron chi connectivity index (χ0n) is 16.8. The van der Waals surface area contributed by atoms with Gasteiger partial charge in [-0.1, -0.05) is 19.1 Å². The first-order chi connectivity index (χ1) is 13.6. The van der Waals surface area contributed by atoms with E-state index in [2.05, 4.69) is 10.2 Å². The predicted octanol–water partition coefficient (Wildman–Crippen LogP) is 1.78. The Morgan fingerprint density at radius 2 is 2.14 bits per heavy atom. The lowest BCUT2D eigenvalue weighted by Crippen LogP contribution is -2.49. The molecular weight excluding hydrogens is 354 g/mol. The van der Waals surface area contributed by atoms with Crippen molar-refractivity contribution in [2.75, 3.05) is 19.7 Å². The highest BCUT2D eigenvalue weighted by molar-refractivity contribution is 5.82. The second kappa shape index (κ2) is 7.84. The number of hydrogen-bond acceptors (Lipinski definition) is 4. The Morgan fingerprint density at radius 3 is 2.79 bits per heavy atom. The van der Waals surface area contributed by atoms with Gasteiger partial charge >= 0.3 is 0 Å². The van der Waals surface area contributed by atoms with Crippen molar-refractivity contribution in [3.63, 3.8) is 0 Å². The smallest absolute Gasteiger partial charge is 0.258 e. The first-order valence-corrected chi connectivity index (χ1v) is 10.6. The zero-order valence-corrected chi connectivity index (χ0v) is 16.8. The number of carbonyl (C=O) groups is 1. The first-order valence-electron chi connectivity index (χ1n) is 10.6. The zero-order chi connectivity index (χ0) is 19.8. The highest BCUT2D eigenvalue weighted by Crippen LogP contribution is 2.50. The summed E-state index contributed by atoms with van der Waals surface area (Å²) < 4.78 is 1.87. The third-order valence-corrected chi connectivity index (χ3v) is 6.55. The maximum atomic E-state index is 13.0. The predicted molar refractivity (Wildman–Crippen MR) is 109 cm³/mol. The van der Waals surface area contributed by atoms with E-state index in [1.54, 1.807) is 0 Å². The molecule has 3 aliphatic rings. The summed E-state index contributed by atoms with van der Waals surface area (Å²) in [6, 6.07) is 3.65. The van der Waals surface area contributed by atoms with Crippen molar-refractivity contribution in [1.29, 1.82) is 0 Å². The molecule has 1 saturated heterocycles. The van der Waals surface area contributed by atoms with Crippen LogP contribution in [0.3, 0.4) is 0 Å². The number of rotatable bonds is 7. The SMILES string of the molecule is C/C=C\c1ccc2n(c1=O)C[C@@H]1[C@@H](CO)[C@H](C(=O)NCCC)N(CC3CC3)[C@H]21. The summed E-state index contributed by atoms with van der Waals surface area (Å²) in [7, 11) is 0. The summed E-state index contributed by atoms with van der Waals surface area (Å²) in [6.07, 6.45) is 7.02. The van der Waals surface area contributed by atoms with Gasteiger partial charge in [0.25, 0.3) is 5.56 Å². The third-order valence-electron chi connectivity index (χ3n) is 6.55. The van der Waals surface area contributed by atoms with Crippen LogP contribution in [0.5, 0.6) is 0 Å². The van der Waals surface area contributed by atoms with Crippen LogP contribution in [0.25, 0.3) is 6.08 Å². The van der Waals surface area contributed by atoms with Crippen LogP contribution in [0.4, 0.5) is 0 Å². The fraction of sp³-hybridized carbons (Fsp3) is 0.636. The normalized spacial score (nSPS) is 29.2. The monoisotopic (exact) mass is 385 g/mol. The van der Waals surface area contributed by atoms with Crippen molar-refractivity contribution in [3.05, 3.63) is 39.8 Å². The molecule has 0 spiro atoms. The lowest BCUT2D eigenvalue weighted by Gasteiger charge is -2.30. The summed E-state index contributed by atoms with van der Waals surface area (Å²) in [5, 5.41) is 13.3. The van der Waals surface area contributed by atoms with Crippen molar-refractivity contribution < 1.29 is 9.90 Å². The molecule has 6 heteroatoms. The molecular formula is C22H31N3O3. The minimum absolute atomic E-state index is 0.0235. The molecule has 2 fully saturated rings. The molecule has 1 aromatic heterocycles. The van der Waals surface area contributed by atoms with Crippen LogP contribution in [0.1, 0.15) is 50.4 Å². The van der Waals surface area contributed by atoms with Gasteiger partial charge in [0.2, 0.25) is 5.91 Å². The minimum Gasteiger partial charge on any atom is -0.396 e. The van der Waals surface area contributed by atoms with Gasteiger partial charge in [0.1, 0.15) is 0 Å². The maximum Gasteiger partial charge on any atom is 0.258 e. The summed E-state index contributed by atoms with van der Waals surface area (Å²) in [4.78, 5) is 28.2. The standard InChI is InChI=1S/C22H31N3O3/c1-3-5-15-8-9-18-19-16(12-24(18)22(15)28)17(13-26)20(21(27)23-10-4-2)25(19)11-14-6-7-14/h3,5,8-9,14,16-17,19-20,26H,4,6-7,10-13H2,1-2H3,(H,23,27)/b5-3-/t16-,17-,19+,20-/m1/s1. The Labute approximate surface area is 166 Å². The molecule has 1 aromatic rings. The maximum absolute atomic E-state index is 13.0. The van der Waals surface area contributed by atoms with E-state index in [1.807, 2.05) is 42.7 Å². The average Bonchev–Trinajstić information content (AvgIpc) is 3.34. The number of hydrogen-bond donors (Lipinski definition) is 2. The molecule has 152 valence electrons. The molecule has 1 amide bonds. The van der Waals surface area contributed by atoms with Gasteiger partial charge in [-0.25, -0.2) is 0 Å². The summed E-state index contributed by atoms with van der Waals surface area (Å²) in [6.45, 7) is 6.02. The highest BCUT2D eigenvalue weighted by atomic mass is 16.3. The number of pyridine rings is 1. The molecule has 3 heterocycles. The second-order valence-corrected chi connectivity index (χ2v) is 8.46. The second-order valence-electron chi connectivity index (χ2n) is 8.46. The van der Waals surface area contributed by atoms with Gasteiger partial charge in [-0.2, -0.15) is 0 Å². The number of fused-ring (bicyclic) bond motifs is 3. The molecule has 2 N–H and O–H groups in total. The van der Waals surface area contributed by atoms with Gasteiger partial charge in [-0.05, 0) is 44.2 Å². The van der Waals surface area contributed by atoms with Crippen molar-refractivity contribution in [2.24, 2.45) is 17.8 Å². The van der Waals surface area contributed by atoms with Gasteiger partial charge in [0.05, 0.1) is 12.1 Å². The molecule has 0 bridgehead atoms. The van der Waals surface area contributed by atoms with E-state index in [4.69, 9.17) is 0 Å². The van der Waals surface area contributed by atoms with Crippen molar-refractivity contribution in [3.8, 4) is 0 Å². The van der Waals surface area contributed by atoms with Crippen LogP contribution in [0.15, 0.2) is 23.0 Å². The fourth-order valence-corrected chi connectivity index (χ4v) is 5.09. The van der Waals surface area contributed by atoms with Gasteiger partial charge in [-0.15, -0.1) is 0 Å². The molecule has 4 rings (SSSR count). The highest BCUT2D eigenvalue weighted by Gasteiger charge is 2.56. The molecule has 1 aliphatic carbocycles. The Hall–Kier alpha value is -1.92. The van der Waals surface area contributed by atoms with E-state index >= 15 is 0 Å². The lowest BCUT2D eigenvalue weighted by molar-refractivity contribution is -0.127. The van der Waals surface area contributed by atoms with Crippen molar-refractivity contribution in [1.82, 2.24) is 14.8 Å². The fourth-order valence-electron chi connectivity index (χ4n) is 5.09. The molecule has 4 atom stereocenters. The molecule has 0 unspecified atom stereocenters. The van der Waals surface area contributed by atoms with Gasteiger partial charge in [0, 0.05) is 49.3 Å². The summed E-state index contributed by atoms with van der Waals surface area (Å²) >= 11 is 0. The molecule has 0 radical (unpaired) electrons. The topological polar surface area (TPSA) is 74.6 Å². The molecule has 1 saturated carbocycles. The molecule has 0 aromatic carbocycles. The average molecular weight is 386 g/mol. The van der Waals surface area contributed by atoms with Crippen LogP contribution >= 0.6 is 0 Å². The lowest BCUT2D eigenvalue weighted by atomic mass is 9.88. The van der Waals surface area contributed by atoms with Crippen molar-refractivity contribution >= 4 is 12.0 Å². The van der Waals surface area contributed by atoms with Crippen LogP contribution < -0.4 is 10.9 Å². The van der Waals surface area contributed by atoms with Crippen LogP contribution in [0, 0.1) is 17.8 Å². The van der Waals surface area contributed by atoms with Crippen LogP contribution in [-0.2, 0) is 11.3 Å². The number of carbonyl (C=O) groups excluding carboxylic acids is 1. The first kappa shape index (κ1) is 19.4. The number of allylic oxidation sites excluding steroid dienone is 1. The van der Waals surface area contributed by atoms with E-state index in [0.29, 0.717) is 24.6 Å². The van der Waals surface area contributed by atoms with E-state index in [1.165, 1.54) is 12.8 Å². The molecule has 2 aliphatic heterocycles. The quantitative estimate of drug-likeness (QED) is 0.750. The Morgan fingerprint density at radius 1 is 1.36 bits per heavy atom. The van der Waals surface area contributed by atoms with Crippen LogP contribution in [0.2, 0.25) is 0 Å². The van der Waals surface area contributed by atoms with E-state index in [9.17, 15) is 14.7 Å². The Bertz CT molecular complexity index is 827. The van der Waals surface area contributed by atoms with Crippen molar-refractivity contribution in [2.45, 2.75) is 51.7 Å². The Balaban J connectivity index is 1.72. The number of nitrogens with one attached hydrogen (secondary N) is 1. The van der Waals surface area contributed by atoms with Gasteiger partial charge < -0.3 is 15.0 Å². The third kappa shape index (κ3) is 3.22. The summed E-state index contributed by atoms with van der Waals surface area (Å²) in [5.41, 5.74) is 1.71. The van der Waals surface area contributed by atoms with Gasteiger partial charge in [0.15, 0.2) is 0 Å². The number of likely N-dealkylation sites (tertiary alicyclic amines) is 1. The number of aliphatic hydroxyl groups excluding tert-OH is 1. The minimum atomic E-state index is -0.314. The number of amides is 1. The van der Waals surface area contributed by atoms with Gasteiger partial charge in [-0.3, -0.25) is 14.5 Å².